The average Bonchev–Trinajstić information content (AvgIpc) is 2.66. The quantitative estimate of drug-likeness (QED) is 0.635. The summed E-state index contributed by atoms with van der Waals surface area (Å²) in [5.41, 5.74) is -3.65. The van der Waals surface area contributed by atoms with E-state index in [1.54, 1.807) is 43.7 Å². The summed E-state index contributed by atoms with van der Waals surface area (Å²) in [6, 6.07) is 8.69. The van der Waals surface area contributed by atoms with Gasteiger partial charge in [0.2, 0.25) is 5.60 Å². The first-order valence-electron chi connectivity index (χ1n) is 8.34. The van der Waals surface area contributed by atoms with Gasteiger partial charge in [0.05, 0.1) is 5.69 Å². The van der Waals surface area contributed by atoms with E-state index in [0.29, 0.717) is 10.5 Å². The molecule has 0 aliphatic rings. The number of hydrogen-bond donors (Lipinski definition) is 2. The topological polar surface area (TPSA) is 69.6 Å². The van der Waals surface area contributed by atoms with Crippen LogP contribution in [0.5, 0.6) is 0 Å². The molecule has 5 nitrogen and oxygen atoms in total. The fraction of sp³-hybridized carbons (Fsp3) is 0.263. The number of aliphatic hydroxyl groups is 1. The van der Waals surface area contributed by atoms with E-state index in [4.69, 9.17) is 11.6 Å². The maximum atomic E-state index is 14.6. The first-order valence-corrected chi connectivity index (χ1v) is 9.53. The number of halogens is 5. The molecule has 0 radical (unpaired) electrons. The molecule has 30 heavy (non-hydrogen) atoms. The number of rotatable bonds is 5. The molecule has 2 aromatic carbocycles. The van der Waals surface area contributed by atoms with Gasteiger partial charge in [0.25, 0.3) is 11.8 Å². The van der Waals surface area contributed by atoms with Crippen LogP contribution in [0.1, 0.15) is 17.3 Å². The second-order valence-corrected chi connectivity index (χ2v) is 8.08. The zero-order chi connectivity index (χ0) is 22.9. The minimum atomic E-state index is -5.22. The minimum Gasteiger partial charge on any atom is -0.373 e. The molecule has 1 atom stereocenters. The van der Waals surface area contributed by atoms with Gasteiger partial charge in [-0.2, -0.15) is 13.2 Å². The Kier molecular flexibility index (Phi) is 7.05. The molecule has 11 heteroatoms. The highest BCUT2D eigenvalue weighted by Gasteiger charge is 2.55. The fourth-order valence-electron chi connectivity index (χ4n) is 2.13. The molecule has 0 saturated heterocycles. The van der Waals surface area contributed by atoms with Gasteiger partial charge in [0.1, 0.15) is 5.02 Å². The van der Waals surface area contributed by atoms with Gasteiger partial charge in [-0.3, -0.25) is 9.59 Å². The Hall–Kier alpha value is -2.30. The standard InChI is InChI=1S/C19H17ClF4N2O3S/c1-18(29,19(22,23)24)17(28)25-12-8-9-13(15(21)14(12)20)30-11-6-4-10(5-7-11)16(27)26(2)3/h4-9,29H,1-3H3,(H,25,28)/t18-/m1/s1. The SMILES string of the molecule is CN(C)C(=O)c1ccc(Sc2ccc(NC(=O)[C@@](C)(O)C(F)(F)F)c(Cl)c2F)cc1. The Morgan fingerprint density at radius 3 is 2.17 bits per heavy atom. The van der Waals surface area contributed by atoms with E-state index in [1.165, 1.54) is 11.0 Å². The van der Waals surface area contributed by atoms with E-state index in [-0.39, 0.29) is 17.7 Å². The van der Waals surface area contributed by atoms with Crippen LogP contribution in [-0.4, -0.2) is 47.7 Å². The van der Waals surface area contributed by atoms with E-state index in [9.17, 15) is 32.3 Å². The van der Waals surface area contributed by atoms with Gasteiger partial charge in [-0.05, 0) is 43.3 Å². The molecule has 162 valence electrons. The van der Waals surface area contributed by atoms with Crippen molar-refractivity contribution in [2.24, 2.45) is 0 Å². The van der Waals surface area contributed by atoms with Crippen LogP contribution in [0.3, 0.4) is 0 Å². The number of hydrogen-bond acceptors (Lipinski definition) is 4. The number of nitrogens with zero attached hydrogens (tertiary/aromatic N) is 1. The molecule has 0 aliphatic heterocycles. The lowest BCUT2D eigenvalue weighted by atomic mass is 10.1. The molecule has 0 aliphatic carbocycles. The summed E-state index contributed by atoms with van der Waals surface area (Å²) in [7, 11) is 3.22. The highest BCUT2D eigenvalue weighted by atomic mass is 35.5. The lowest BCUT2D eigenvalue weighted by molar-refractivity contribution is -0.242. The predicted octanol–water partition coefficient (Wildman–Crippen LogP) is 4.58. The van der Waals surface area contributed by atoms with Crippen molar-refractivity contribution in [3.05, 3.63) is 52.8 Å². The third kappa shape index (κ3) is 5.05. The monoisotopic (exact) mass is 464 g/mol. The second kappa shape index (κ2) is 8.83. The van der Waals surface area contributed by atoms with Crippen molar-refractivity contribution < 1.29 is 32.3 Å². The van der Waals surface area contributed by atoms with Crippen molar-refractivity contribution in [2.75, 3.05) is 19.4 Å². The molecule has 0 bridgehead atoms. The van der Waals surface area contributed by atoms with Crippen LogP contribution in [0.15, 0.2) is 46.2 Å². The van der Waals surface area contributed by atoms with Crippen molar-refractivity contribution in [3.63, 3.8) is 0 Å². The largest absolute Gasteiger partial charge is 0.426 e. The molecule has 2 aromatic rings. The van der Waals surface area contributed by atoms with Crippen LogP contribution < -0.4 is 5.32 Å². The van der Waals surface area contributed by atoms with Crippen molar-refractivity contribution >= 4 is 40.9 Å². The van der Waals surface area contributed by atoms with Crippen LogP contribution in [0.25, 0.3) is 0 Å². The number of benzene rings is 2. The Morgan fingerprint density at radius 1 is 1.10 bits per heavy atom. The first-order chi connectivity index (χ1) is 13.8. The number of amides is 2. The normalized spacial score (nSPS) is 13.5. The lowest BCUT2D eigenvalue weighted by Crippen LogP contribution is -2.52. The van der Waals surface area contributed by atoms with Crippen LogP contribution >= 0.6 is 23.4 Å². The summed E-state index contributed by atoms with van der Waals surface area (Å²) < 4.78 is 52.8. The van der Waals surface area contributed by atoms with Crippen molar-refractivity contribution in [2.45, 2.75) is 28.5 Å². The van der Waals surface area contributed by atoms with E-state index < -0.39 is 34.2 Å². The first kappa shape index (κ1) is 24.0. The average molecular weight is 465 g/mol. The Labute approximate surface area is 179 Å². The van der Waals surface area contributed by atoms with E-state index in [2.05, 4.69) is 0 Å². The van der Waals surface area contributed by atoms with E-state index in [1.807, 2.05) is 0 Å². The van der Waals surface area contributed by atoms with E-state index >= 15 is 0 Å². The summed E-state index contributed by atoms with van der Waals surface area (Å²) >= 11 is 6.83. The molecule has 0 heterocycles. The van der Waals surface area contributed by atoms with Gasteiger partial charge >= 0.3 is 6.18 Å². The van der Waals surface area contributed by atoms with Crippen LogP contribution in [0, 0.1) is 5.82 Å². The molecule has 0 saturated carbocycles. The maximum Gasteiger partial charge on any atom is 0.426 e. The number of anilines is 1. The van der Waals surface area contributed by atoms with Gasteiger partial charge < -0.3 is 15.3 Å². The molecule has 0 fully saturated rings. The molecule has 0 spiro atoms. The number of alkyl halides is 3. The van der Waals surface area contributed by atoms with Gasteiger partial charge in [-0.25, -0.2) is 4.39 Å². The highest BCUT2D eigenvalue weighted by Crippen LogP contribution is 2.37. The summed E-state index contributed by atoms with van der Waals surface area (Å²) in [5, 5.41) is 10.6. The van der Waals surface area contributed by atoms with Gasteiger partial charge in [0, 0.05) is 29.4 Å². The molecule has 0 unspecified atom stereocenters. The van der Waals surface area contributed by atoms with Gasteiger partial charge in [0.15, 0.2) is 5.82 Å². The number of nitrogens with one attached hydrogen (secondary N) is 1. The predicted molar refractivity (Wildman–Crippen MR) is 105 cm³/mol. The Bertz CT molecular complexity index is 963. The molecule has 0 aromatic heterocycles. The summed E-state index contributed by atoms with van der Waals surface area (Å²) in [6.45, 7) is 0.279. The van der Waals surface area contributed by atoms with Crippen LogP contribution in [0.4, 0.5) is 23.2 Å². The number of carbonyl (C=O) groups is 2. The third-order valence-electron chi connectivity index (χ3n) is 4.02. The Morgan fingerprint density at radius 2 is 1.67 bits per heavy atom. The molecular formula is C19H17ClF4N2O3S. The summed E-state index contributed by atoms with van der Waals surface area (Å²) in [4.78, 5) is 25.7. The van der Waals surface area contributed by atoms with Crippen molar-refractivity contribution in [3.8, 4) is 0 Å². The van der Waals surface area contributed by atoms with Gasteiger partial charge in [-0.1, -0.05) is 23.4 Å². The highest BCUT2D eigenvalue weighted by molar-refractivity contribution is 7.99. The molecule has 2 N–H and O–H groups in total. The minimum absolute atomic E-state index is 0.0484. The van der Waals surface area contributed by atoms with E-state index in [0.717, 1.165) is 17.8 Å². The summed E-state index contributed by atoms with van der Waals surface area (Å²) in [6.07, 6.45) is -5.22. The van der Waals surface area contributed by atoms with Crippen LogP contribution in [-0.2, 0) is 4.79 Å². The number of carbonyl (C=O) groups excluding carboxylic acids is 2. The smallest absolute Gasteiger partial charge is 0.373 e. The van der Waals surface area contributed by atoms with Crippen molar-refractivity contribution in [1.29, 1.82) is 0 Å². The third-order valence-corrected chi connectivity index (χ3v) is 5.44. The Balaban J connectivity index is 2.21. The van der Waals surface area contributed by atoms with Crippen LogP contribution in [0.2, 0.25) is 5.02 Å². The zero-order valence-electron chi connectivity index (χ0n) is 16.0. The maximum absolute atomic E-state index is 14.6. The molecule has 2 amide bonds. The summed E-state index contributed by atoms with van der Waals surface area (Å²) in [5.74, 6) is -2.95. The zero-order valence-corrected chi connectivity index (χ0v) is 17.5. The van der Waals surface area contributed by atoms with Gasteiger partial charge in [-0.15, -0.1) is 0 Å². The molecular weight excluding hydrogens is 448 g/mol. The van der Waals surface area contributed by atoms with Crippen molar-refractivity contribution in [1.82, 2.24) is 4.90 Å². The fourth-order valence-corrected chi connectivity index (χ4v) is 3.25. The second-order valence-electron chi connectivity index (χ2n) is 6.59. The molecule has 2 rings (SSSR count). The lowest BCUT2D eigenvalue weighted by Gasteiger charge is -2.25.